The smallest absolute Gasteiger partial charge is 0.329 e. The van der Waals surface area contributed by atoms with Crippen molar-refractivity contribution < 1.29 is 14.3 Å². The molecule has 0 saturated heterocycles. The molecule has 0 saturated carbocycles. The van der Waals surface area contributed by atoms with E-state index in [1.165, 1.54) is 11.0 Å². The van der Waals surface area contributed by atoms with Gasteiger partial charge in [0, 0.05) is 18.3 Å². The molecule has 116 valence electrons. The number of nitrogens with one attached hydrogen (secondary N) is 1. The van der Waals surface area contributed by atoms with Crippen molar-refractivity contribution in [1.82, 2.24) is 20.0 Å². The molecular formula is C14H17N5O3. The summed E-state index contributed by atoms with van der Waals surface area (Å²) in [5.41, 5.74) is 0.851. The van der Waals surface area contributed by atoms with Crippen LogP contribution in [0.15, 0.2) is 30.6 Å². The Labute approximate surface area is 127 Å². The van der Waals surface area contributed by atoms with Crippen LogP contribution < -0.4 is 5.32 Å². The normalized spacial score (nSPS) is 10.2. The average Bonchev–Trinajstić information content (AvgIpc) is 2.93. The van der Waals surface area contributed by atoms with E-state index in [9.17, 15) is 9.59 Å². The fourth-order valence-electron chi connectivity index (χ4n) is 1.75. The summed E-state index contributed by atoms with van der Waals surface area (Å²) in [5.74, 6) is -0.310. The Bertz CT molecular complexity index is 626. The molecule has 1 amide bonds. The maximum absolute atomic E-state index is 11.8. The lowest BCUT2D eigenvalue weighted by molar-refractivity contribution is -0.144. The van der Waals surface area contributed by atoms with Crippen molar-refractivity contribution in [3.05, 3.63) is 36.3 Å². The van der Waals surface area contributed by atoms with Gasteiger partial charge in [0.25, 0.3) is 0 Å². The van der Waals surface area contributed by atoms with E-state index in [1.807, 2.05) is 18.2 Å². The number of carbonyl (C=O) groups is 2. The highest BCUT2D eigenvalue weighted by atomic mass is 16.5. The second-order valence-electron chi connectivity index (χ2n) is 4.43. The highest BCUT2D eigenvalue weighted by molar-refractivity contribution is 5.89. The van der Waals surface area contributed by atoms with Gasteiger partial charge in [-0.25, -0.2) is 4.79 Å². The maximum Gasteiger partial charge on any atom is 0.329 e. The minimum absolute atomic E-state index is 0.0857. The number of nitrogens with zero attached hydrogens (tertiary/aromatic N) is 4. The Morgan fingerprint density at radius 3 is 2.95 bits per heavy atom. The Morgan fingerprint density at radius 1 is 1.36 bits per heavy atom. The first kappa shape index (κ1) is 15.6. The number of hydrogen-bond donors (Lipinski definition) is 1. The summed E-state index contributed by atoms with van der Waals surface area (Å²) in [6.45, 7) is 1.94. The number of carbonyl (C=O) groups excluding carboxylic acids is 2. The number of amides is 1. The van der Waals surface area contributed by atoms with Gasteiger partial charge in [-0.05, 0) is 25.5 Å². The van der Waals surface area contributed by atoms with Crippen LogP contribution in [0.1, 0.15) is 19.0 Å². The second kappa shape index (κ2) is 7.87. The predicted octanol–water partition coefficient (Wildman–Crippen LogP) is 0.807. The van der Waals surface area contributed by atoms with E-state index in [2.05, 4.69) is 20.5 Å². The zero-order valence-corrected chi connectivity index (χ0v) is 12.2. The van der Waals surface area contributed by atoms with Crippen LogP contribution in [0, 0.1) is 0 Å². The molecule has 1 N–H and O–H groups in total. The third-order valence-corrected chi connectivity index (χ3v) is 2.71. The number of aromatic nitrogens is 4. The number of pyridine rings is 1. The molecule has 0 aliphatic carbocycles. The van der Waals surface area contributed by atoms with Crippen molar-refractivity contribution in [3.63, 3.8) is 0 Å². The molecule has 2 heterocycles. The first-order valence-electron chi connectivity index (χ1n) is 6.93. The van der Waals surface area contributed by atoms with Gasteiger partial charge in [0.15, 0.2) is 12.4 Å². The molecule has 2 aromatic heterocycles. The zero-order chi connectivity index (χ0) is 15.8. The van der Waals surface area contributed by atoms with Crippen molar-refractivity contribution in [3.8, 4) is 0 Å². The third kappa shape index (κ3) is 4.97. The predicted molar refractivity (Wildman–Crippen MR) is 77.8 cm³/mol. The second-order valence-corrected chi connectivity index (χ2v) is 4.43. The van der Waals surface area contributed by atoms with Crippen molar-refractivity contribution in [2.75, 3.05) is 11.9 Å². The van der Waals surface area contributed by atoms with E-state index >= 15 is 0 Å². The van der Waals surface area contributed by atoms with E-state index in [1.54, 1.807) is 13.1 Å². The largest absolute Gasteiger partial charge is 0.465 e. The molecule has 0 aliphatic heterocycles. The molecule has 0 atom stereocenters. The van der Waals surface area contributed by atoms with Gasteiger partial charge in [0.1, 0.15) is 0 Å². The van der Waals surface area contributed by atoms with Gasteiger partial charge in [-0.1, -0.05) is 6.07 Å². The van der Waals surface area contributed by atoms with E-state index < -0.39 is 5.97 Å². The highest BCUT2D eigenvalue weighted by Gasteiger charge is 2.09. The molecule has 2 rings (SSSR count). The Hall–Kier alpha value is -2.77. The minimum Gasteiger partial charge on any atom is -0.465 e. The molecule has 0 unspecified atom stereocenters. The fourth-order valence-corrected chi connectivity index (χ4v) is 1.75. The van der Waals surface area contributed by atoms with Gasteiger partial charge >= 0.3 is 5.97 Å². The minimum atomic E-state index is -0.425. The molecule has 2 aromatic rings. The van der Waals surface area contributed by atoms with Gasteiger partial charge < -0.3 is 10.1 Å². The molecule has 0 fully saturated rings. The summed E-state index contributed by atoms with van der Waals surface area (Å²) in [6.07, 6.45) is 3.91. The van der Waals surface area contributed by atoms with Gasteiger partial charge in [0.2, 0.25) is 5.91 Å². The van der Waals surface area contributed by atoms with E-state index in [0.29, 0.717) is 25.3 Å². The number of anilines is 1. The molecule has 0 spiro atoms. The third-order valence-electron chi connectivity index (χ3n) is 2.71. The average molecular weight is 303 g/mol. The Kier molecular flexibility index (Phi) is 5.58. The summed E-state index contributed by atoms with van der Waals surface area (Å²) in [4.78, 5) is 28.4. The molecule has 0 bridgehead atoms. The van der Waals surface area contributed by atoms with Crippen LogP contribution in [0.3, 0.4) is 0 Å². The molecular weight excluding hydrogens is 286 g/mol. The highest BCUT2D eigenvalue weighted by Crippen LogP contribution is 2.03. The van der Waals surface area contributed by atoms with Crippen molar-refractivity contribution >= 4 is 17.7 Å². The number of esters is 1. The van der Waals surface area contributed by atoms with Crippen LogP contribution in [0.4, 0.5) is 5.82 Å². The van der Waals surface area contributed by atoms with E-state index in [-0.39, 0.29) is 12.5 Å². The SMILES string of the molecule is CCOC(=O)Cn1ncc(NC(=O)CCc2ccccn2)n1. The number of hydrogen-bond acceptors (Lipinski definition) is 6. The molecule has 0 aromatic carbocycles. The summed E-state index contributed by atoms with van der Waals surface area (Å²) >= 11 is 0. The van der Waals surface area contributed by atoms with Gasteiger partial charge in [-0.15, -0.1) is 5.10 Å². The van der Waals surface area contributed by atoms with Gasteiger partial charge in [-0.2, -0.15) is 9.90 Å². The monoisotopic (exact) mass is 303 g/mol. The van der Waals surface area contributed by atoms with Crippen LogP contribution in [0.5, 0.6) is 0 Å². The first-order chi connectivity index (χ1) is 10.7. The van der Waals surface area contributed by atoms with Crippen LogP contribution in [0.2, 0.25) is 0 Å². The maximum atomic E-state index is 11.8. The van der Waals surface area contributed by atoms with E-state index in [4.69, 9.17) is 4.74 Å². The summed E-state index contributed by atoms with van der Waals surface area (Å²) < 4.78 is 4.79. The van der Waals surface area contributed by atoms with Crippen LogP contribution in [0.25, 0.3) is 0 Å². The summed E-state index contributed by atoms with van der Waals surface area (Å²) in [6, 6.07) is 5.57. The fraction of sp³-hybridized carbons (Fsp3) is 0.357. The molecule has 8 nitrogen and oxygen atoms in total. The van der Waals surface area contributed by atoms with Crippen LogP contribution in [-0.2, 0) is 27.3 Å². The molecule has 0 aliphatic rings. The zero-order valence-electron chi connectivity index (χ0n) is 12.2. The van der Waals surface area contributed by atoms with Crippen molar-refractivity contribution in [2.45, 2.75) is 26.3 Å². The van der Waals surface area contributed by atoms with Crippen molar-refractivity contribution in [2.24, 2.45) is 0 Å². The topological polar surface area (TPSA) is 99.0 Å². The summed E-state index contributed by atoms with van der Waals surface area (Å²) in [7, 11) is 0. The quantitative estimate of drug-likeness (QED) is 0.760. The van der Waals surface area contributed by atoms with E-state index in [0.717, 1.165) is 5.69 Å². The lowest BCUT2D eigenvalue weighted by atomic mass is 10.2. The summed E-state index contributed by atoms with van der Waals surface area (Å²) in [5, 5.41) is 10.5. The lowest BCUT2D eigenvalue weighted by Gasteiger charge is -2.02. The number of aryl methyl sites for hydroxylation is 1. The lowest BCUT2D eigenvalue weighted by Crippen LogP contribution is -2.16. The number of rotatable bonds is 7. The molecule has 8 heteroatoms. The van der Waals surface area contributed by atoms with Crippen molar-refractivity contribution in [1.29, 1.82) is 0 Å². The van der Waals surface area contributed by atoms with Gasteiger partial charge in [0.05, 0.1) is 12.8 Å². The standard InChI is InChI=1S/C14H17N5O3/c1-2-22-14(21)10-19-16-9-12(18-19)17-13(20)7-6-11-5-3-4-8-15-11/h3-5,8-9H,2,6-7,10H2,1H3,(H,17,18,20). The molecule has 22 heavy (non-hydrogen) atoms. The Balaban J connectivity index is 1.79. The Morgan fingerprint density at radius 2 is 2.23 bits per heavy atom. The van der Waals surface area contributed by atoms with Crippen LogP contribution >= 0.6 is 0 Å². The van der Waals surface area contributed by atoms with Gasteiger partial charge in [-0.3, -0.25) is 9.78 Å². The van der Waals surface area contributed by atoms with Crippen LogP contribution in [-0.4, -0.2) is 38.5 Å². The number of ether oxygens (including phenoxy) is 1. The first-order valence-corrected chi connectivity index (χ1v) is 6.93. The molecule has 0 radical (unpaired) electrons.